The minimum atomic E-state index is -0.440. The Hall–Kier alpha value is -1.42. The summed E-state index contributed by atoms with van der Waals surface area (Å²) in [7, 11) is 0. The first-order valence-corrected chi connectivity index (χ1v) is 4.91. The van der Waals surface area contributed by atoms with Crippen LogP contribution in [0.3, 0.4) is 0 Å². The molecule has 0 aliphatic heterocycles. The highest BCUT2D eigenvalue weighted by Gasteiger charge is 2.13. The number of rotatable bonds is 5. The van der Waals surface area contributed by atoms with Crippen molar-refractivity contribution in [2.45, 2.75) is 19.4 Å². The fraction of sp³-hybridized carbons (Fsp3) is 0.364. The second-order valence-corrected chi connectivity index (χ2v) is 3.33. The molecule has 0 aliphatic rings. The van der Waals surface area contributed by atoms with Crippen LogP contribution in [0.15, 0.2) is 24.3 Å². The molecule has 4 heteroatoms. The summed E-state index contributed by atoms with van der Waals surface area (Å²) in [5.74, 6) is -0.703. The summed E-state index contributed by atoms with van der Waals surface area (Å²) < 4.78 is 13.4. The largest absolute Gasteiger partial charge is 0.369 e. The van der Waals surface area contributed by atoms with E-state index in [1.807, 2.05) is 6.92 Å². The van der Waals surface area contributed by atoms with Crippen molar-refractivity contribution in [3.8, 4) is 0 Å². The molecule has 0 saturated heterocycles. The Labute approximate surface area is 88.5 Å². The molecule has 3 nitrogen and oxygen atoms in total. The Bertz CT molecular complexity index is 341. The summed E-state index contributed by atoms with van der Waals surface area (Å²) in [6.45, 7) is 1.98. The van der Waals surface area contributed by atoms with Gasteiger partial charge in [-0.2, -0.15) is 0 Å². The van der Waals surface area contributed by atoms with E-state index >= 15 is 0 Å². The summed E-state index contributed by atoms with van der Waals surface area (Å²) in [4.78, 5) is 10.6. The van der Waals surface area contributed by atoms with Crippen molar-refractivity contribution in [3.63, 3.8) is 0 Å². The van der Waals surface area contributed by atoms with Crippen molar-refractivity contribution in [3.05, 3.63) is 35.6 Å². The molecule has 0 aliphatic carbocycles. The molecule has 0 radical (unpaired) electrons. The van der Waals surface area contributed by atoms with Crippen LogP contribution in [0.5, 0.6) is 0 Å². The summed E-state index contributed by atoms with van der Waals surface area (Å²) in [6, 6.07) is 6.35. The molecule has 0 saturated carbocycles. The van der Waals surface area contributed by atoms with E-state index in [-0.39, 0.29) is 18.4 Å². The number of carbonyl (C=O) groups is 1. The normalized spacial score (nSPS) is 12.4. The van der Waals surface area contributed by atoms with Gasteiger partial charge in [-0.1, -0.05) is 25.1 Å². The highest BCUT2D eigenvalue weighted by molar-refractivity contribution is 5.75. The smallest absolute Gasteiger partial charge is 0.231 e. The maximum atomic E-state index is 13.4. The van der Waals surface area contributed by atoms with E-state index in [1.54, 1.807) is 18.2 Å². The van der Waals surface area contributed by atoms with Crippen molar-refractivity contribution < 1.29 is 9.18 Å². The molecule has 1 aromatic rings. The van der Waals surface area contributed by atoms with Gasteiger partial charge in [0.1, 0.15) is 5.82 Å². The molecule has 15 heavy (non-hydrogen) atoms. The molecular weight excluding hydrogens is 195 g/mol. The molecule has 3 N–H and O–H groups in total. The van der Waals surface area contributed by atoms with Crippen molar-refractivity contribution in [2.75, 3.05) is 6.54 Å². The number of amides is 1. The predicted molar refractivity (Wildman–Crippen MR) is 56.6 cm³/mol. The third-order valence-corrected chi connectivity index (χ3v) is 2.21. The van der Waals surface area contributed by atoms with E-state index in [9.17, 15) is 9.18 Å². The minimum Gasteiger partial charge on any atom is -0.369 e. The van der Waals surface area contributed by atoms with E-state index in [0.717, 1.165) is 0 Å². The van der Waals surface area contributed by atoms with Crippen LogP contribution in [0.2, 0.25) is 0 Å². The second kappa shape index (κ2) is 5.46. The van der Waals surface area contributed by atoms with E-state index in [1.165, 1.54) is 6.07 Å². The van der Waals surface area contributed by atoms with Gasteiger partial charge in [0.15, 0.2) is 0 Å². The van der Waals surface area contributed by atoms with Gasteiger partial charge >= 0.3 is 0 Å². The van der Waals surface area contributed by atoms with Crippen molar-refractivity contribution >= 4 is 5.91 Å². The highest BCUT2D eigenvalue weighted by atomic mass is 19.1. The van der Waals surface area contributed by atoms with Crippen LogP contribution in [0, 0.1) is 5.82 Å². The summed E-state index contributed by atoms with van der Waals surface area (Å²) in [5.41, 5.74) is 5.59. The first kappa shape index (κ1) is 11.7. The Balaban J connectivity index is 2.74. The molecule has 0 fully saturated rings. The lowest BCUT2D eigenvalue weighted by Gasteiger charge is -2.16. The van der Waals surface area contributed by atoms with Crippen LogP contribution in [0.25, 0.3) is 0 Å². The number of benzene rings is 1. The average molecular weight is 210 g/mol. The van der Waals surface area contributed by atoms with Gasteiger partial charge in [-0.15, -0.1) is 0 Å². The lowest BCUT2D eigenvalue weighted by atomic mass is 10.0. The van der Waals surface area contributed by atoms with Gasteiger partial charge < -0.3 is 11.1 Å². The Morgan fingerprint density at radius 1 is 1.53 bits per heavy atom. The van der Waals surface area contributed by atoms with Crippen LogP contribution in [0.1, 0.15) is 24.9 Å². The Morgan fingerprint density at radius 2 is 2.20 bits per heavy atom. The molecule has 0 heterocycles. The van der Waals surface area contributed by atoms with Gasteiger partial charge in [0.2, 0.25) is 5.91 Å². The Morgan fingerprint density at radius 3 is 2.73 bits per heavy atom. The van der Waals surface area contributed by atoms with Gasteiger partial charge in [-0.3, -0.25) is 4.79 Å². The topological polar surface area (TPSA) is 55.1 Å². The number of carbonyl (C=O) groups excluding carboxylic acids is 1. The zero-order valence-electron chi connectivity index (χ0n) is 8.66. The SMILES string of the molecule is CCC(NCC(N)=O)c1ccccc1F. The number of hydrogen-bond acceptors (Lipinski definition) is 2. The lowest BCUT2D eigenvalue weighted by Crippen LogP contribution is -2.31. The van der Waals surface area contributed by atoms with Crippen molar-refractivity contribution in [1.82, 2.24) is 5.32 Å². The Kier molecular flexibility index (Phi) is 4.24. The number of nitrogens with one attached hydrogen (secondary N) is 1. The first-order chi connectivity index (χ1) is 7.15. The average Bonchev–Trinajstić information content (AvgIpc) is 2.21. The minimum absolute atomic E-state index is 0.0623. The molecular formula is C11H15FN2O. The third kappa shape index (κ3) is 3.32. The predicted octanol–water partition coefficient (Wildman–Crippen LogP) is 1.35. The van der Waals surface area contributed by atoms with Gasteiger partial charge in [0, 0.05) is 11.6 Å². The number of hydrogen-bond donors (Lipinski definition) is 2. The molecule has 1 amide bonds. The molecule has 1 aromatic carbocycles. The van der Waals surface area contributed by atoms with E-state index in [4.69, 9.17) is 5.73 Å². The second-order valence-electron chi connectivity index (χ2n) is 3.33. The zero-order chi connectivity index (χ0) is 11.3. The molecule has 1 unspecified atom stereocenters. The van der Waals surface area contributed by atoms with Gasteiger partial charge in [0.05, 0.1) is 6.54 Å². The molecule has 1 atom stereocenters. The maximum absolute atomic E-state index is 13.4. The van der Waals surface area contributed by atoms with Crippen LogP contribution in [0.4, 0.5) is 4.39 Å². The fourth-order valence-corrected chi connectivity index (χ4v) is 1.46. The van der Waals surface area contributed by atoms with Gasteiger partial charge in [-0.05, 0) is 12.5 Å². The monoisotopic (exact) mass is 210 g/mol. The maximum Gasteiger partial charge on any atom is 0.231 e. The first-order valence-electron chi connectivity index (χ1n) is 4.91. The number of primary amides is 1. The molecule has 82 valence electrons. The molecule has 1 rings (SSSR count). The molecule has 0 aromatic heterocycles. The van der Waals surface area contributed by atoms with E-state index in [0.29, 0.717) is 12.0 Å². The van der Waals surface area contributed by atoms with Crippen molar-refractivity contribution in [2.24, 2.45) is 5.73 Å². The van der Waals surface area contributed by atoms with Crippen LogP contribution >= 0.6 is 0 Å². The van der Waals surface area contributed by atoms with Crippen LogP contribution in [-0.4, -0.2) is 12.5 Å². The fourth-order valence-electron chi connectivity index (χ4n) is 1.46. The quantitative estimate of drug-likeness (QED) is 0.770. The van der Waals surface area contributed by atoms with Gasteiger partial charge in [0.25, 0.3) is 0 Å². The van der Waals surface area contributed by atoms with E-state index < -0.39 is 5.91 Å². The number of nitrogens with two attached hydrogens (primary N) is 1. The van der Waals surface area contributed by atoms with Crippen molar-refractivity contribution in [1.29, 1.82) is 0 Å². The van der Waals surface area contributed by atoms with Crippen LogP contribution in [-0.2, 0) is 4.79 Å². The summed E-state index contributed by atoms with van der Waals surface area (Å²) in [6.07, 6.45) is 0.703. The summed E-state index contributed by atoms with van der Waals surface area (Å²) >= 11 is 0. The summed E-state index contributed by atoms with van der Waals surface area (Å²) in [5, 5.41) is 2.91. The molecule has 0 bridgehead atoms. The van der Waals surface area contributed by atoms with E-state index in [2.05, 4.69) is 5.32 Å². The lowest BCUT2D eigenvalue weighted by molar-refractivity contribution is -0.117. The number of halogens is 1. The van der Waals surface area contributed by atoms with Crippen LogP contribution < -0.4 is 11.1 Å². The molecule has 0 spiro atoms. The highest BCUT2D eigenvalue weighted by Crippen LogP contribution is 2.19. The standard InChI is InChI=1S/C11H15FN2O/c1-2-10(14-7-11(13)15)8-5-3-4-6-9(8)12/h3-6,10,14H,2,7H2,1H3,(H2,13,15). The third-order valence-electron chi connectivity index (χ3n) is 2.21. The van der Waals surface area contributed by atoms with Gasteiger partial charge in [-0.25, -0.2) is 4.39 Å². The zero-order valence-corrected chi connectivity index (χ0v) is 8.66.